The Kier molecular flexibility index (Phi) is 20.6. The van der Waals surface area contributed by atoms with E-state index in [9.17, 15) is 53.1 Å². The molecule has 334 valence electrons. The highest BCUT2D eigenvalue weighted by atomic mass is 16.4. The second-order valence-electron chi connectivity index (χ2n) is 14.7. The summed E-state index contributed by atoms with van der Waals surface area (Å²) in [4.78, 5) is 134. The third kappa shape index (κ3) is 16.6. The van der Waals surface area contributed by atoms with Crippen molar-refractivity contribution in [3.05, 3.63) is 18.2 Å². The van der Waals surface area contributed by atoms with Crippen molar-refractivity contribution in [3.63, 3.8) is 0 Å². The summed E-state index contributed by atoms with van der Waals surface area (Å²) < 4.78 is 0. The lowest BCUT2D eigenvalue weighted by Gasteiger charge is -2.31. The monoisotopic (exact) mass is 851 g/mol. The molecule has 2 rings (SSSR count). The Bertz CT molecular complexity index is 1690. The maximum atomic E-state index is 14.0. The van der Waals surface area contributed by atoms with Crippen LogP contribution in [0.4, 0.5) is 0 Å². The molecule has 7 atom stereocenters. The van der Waals surface area contributed by atoms with E-state index >= 15 is 0 Å². The highest BCUT2D eigenvalue weighted by molar-refractivity contribution is 5.97. The number of amides is 7. The molecule has 24 heteroatoms. The topological polar surface area (TPSA) is 388 Å². The Hall–Kier alpha value is -6.17. The molecule has 1 aliphatic rings. The number of aromatic amines is 1. The summed E-state index contributed by atoms with van der Waals surface area (Å²) in [5.74, 6) is -10.5. The zero-order valence-electron chi connectivity index (χ0n) is 33.7. The molecule has 1 aromatic heterocycles. The van der Waals surface area contributed by atoms with E-state index in [1.54, 1.807) is 13.8 Å². The summed E-state index contributed by atoms with van der Waals surface area (Å²) in [6.45, 7) is 4.12. The quantitative estimate of drug-likeness (QED) is 0.0396. The molecule has 24 nitrogen and oxygen atoms in total. The minimum absolute atomic E-state index is 0.0579. The second kappa shape index (κ2) is 24.7. The molecule has 0 spiro atoms. The molecule has 7 amide bonds. The molecule has 1 fully saturated rings. The highest BCUT2D eigenvalue weighted by Gasteiger charge is 2.40. The predicted octanol–water partition coefficient (Wildman–Crippen LogP) is -3.96. The number of nitrogens with zero attached hydrogens (tertiary/aromatic N) is 2. The van der Waals surface area contributed by atoms with E-state index in [1.807, 2.05) is 5.32 Å². The minimum atomic E-state index is -1.74. The number of carboxylic acid groups (broad SMARTS) is 3. The van der Waals surface area contributed by atoms with Crippen molar-refractivity contribution >= 4 is 59.3 Å². The molecule has 2 heterocycles. The number of carbonyl (C=O) groups is 10. The molecule has 0 radical (unpaired) electrons. The SMILES string of the molecule is CC(C)[C@H](NC(=O)[C@@H]1CCCN1C(=O)[C@H](CCC(=O)O)NC(=O)[C@H](CCCCN)NC(=O)[C@@H](N)Cc1cnc[nH]1)C(=O)N[C@@H](C)C(=O)NCC(=O)N[C@@H](CC(=O)O)C(=O)O. The van der Waals surface area contributed by atoms with Crippen LogP contribution < -0.4 is 43.4 Å². The zero-order valence-corrected chi connectivity index (χ0v) is 33.7. The molecule has 1 aliphatic heterocycles. The van der Waals surface area contributed by atoms with Crippen LogP contribution in [-0.2, 0) is 54.4 Å². The Morgan fingerprint density at radius 3 is 2.10 bits per heavy atom. The van der Waals surface area contributed by atoms with E-state index in [0.717, 1.165) is 0 Å². The molecule has 0 saturated carbocycles. The van der Waals surface area contributed by atoms with E-state index in [2.05, 4.69) is 36.6 Å². The number of nitrogens with two attached hydrogens (primary N) is 2. The summed E-state index contributed by atoms with van der Waals surface area (Å²) in [5, 5.41) is 41.8. The molecule has 0 aromatic carbocycles. The fourth-order valence-electron chi connectivity index (χ4n) is 6.16. The van der Waals surface area contributed by atoms with Crippen molar-refractivity contribution < 1.29 is 63.3 Å². The smallest absolute Gasteiger partial charge is 0.326 e. The van der Waals surface area contributed by atoms with Crippen LogP contribution in [0.15, 0.2) is 12.5 Å². The van der Waals surface area contributed by atoms with Gasteiger partial charge in [-0.2, -0.15) is 0 Å². The lowest BCUT2D eigenvalue weighted by Crippen LogP contribution is -2.60. The van der Waals surface area contributed by atoms with Gasteiger partial charge in [-0.15, -0.1) is 0 Å². The molecular weight excluding hydrogens is 794 g/mol. The summed E-state index contributed by atoms with van der Waals surface area (Å²) in [6, 6.07) is -9.04. The Balaban J connectivity index is 2.14. The first-order valence-electron chi connectivity index (χ1n) is 19.4. The molecule has 1 aromatic rings. The first-order valence-corrected chi connectivity index (χ1v) is 19.4. The third-order valence-electron chi connectivity index (χ3n) is 9.45. The number of hydrogen-bond donors (Lipinski definition) is 12. The van der Waals surface area contributed by atoms with Crippen LogP contribution in [0.1, 0.15) is 77.8 Å². The second-order valence-corrected chi connectivity index (χ2v) is 14.7. The summed E-state index contributed by atoms with van der Waals surface area (Å²) >= 11 is 0. The van der Waals surface area contributed by atoms with Gasteiger partial charge in [0.15, 0.2) is 0 Å². The van der Waals surface area contributed by atoms with Crippen molar-refractivity contribution in [2.24, 2.45) is 17.4 Å². The van der Waals surface area contributed by atoms with Gasteiger partial charge in [-0.3, -0.25) is 43.2 Å². The van der Waals surface area contributed by atoms with E-state index in [4.69, 9.17) is 21.7 Å². The lowest BCUT2D eigenvalue weighted by molar-refractivity contribution is -0.147. The fraction of sp³-hybridized carbons (Fsp3) is 0.639. The number of H-pyrrole nitrogens is 1. The summed E-state index contributed by atoms with van der Waals surface area (Å²) in [6.07, 6.45) is 2.78. The van der Waals surface area contributed by atoms with Gasteiger partial charge in [0.1, 0.15) is 36.3 Å². The largest absolute Gasteiger partial charge is 0.481 e. The molecular formula is C36H57N11O13. The number of imidazole rings is 1. The normalized spacial score (nSPS) is 16.6. The maximum Gasteiger partial charge on any atom is 0.326 e. The van der Waals surface area contributed by atoms with E-state index in [1.165, 1.54) is 24.3 Å². The number of unbranched alkanes of at least 4 members (excludes halogenated alkanes) is 1. The zero-order chi connectivity index (χ0) is 45.1. The van der Waals surface area contributed by atoms with Gasteiger partial charge in [0.05, 0.1) is 25.3 Å². The fourth-order valence-corrected chi connectivity index (χ4v) is 6.16. The number of hydrogen-bond acceptors (Lipinski definition) is 13. The van der Waals surface area contributed by atoms with Crippen LogP contribution in [0.25, 0.3) is 0 Å². The average molecular weight is 852 g/mol. The summed E-state index contributed by atoms with van der Waals surface area (Å²) in [7, 11) is 0. The van der Waals surface area contributed by atoms with Gasteiger partial charge in [0.25, 0.3) is 0 Å². The number of aliphatic carboxylic acids is 3. The van der Waals surface area contributed by atoms with Crippen LogP contribution in [0.5, 0.6) is 0 Å². The number of carboxylic acids is 3. The average Bonchev–Trinajstić information content (AvgIpc) is 3.89. The van der Waals surface area contributed by atoms with Crippen LogP contribution >= 0.6 is 0 Å². The molecule has 0 bridgehead atoms. The first-order chi connectivity index (χ1) is 28.2. The Morgan fingerprint density at radius 1 is 0.833 bits per heavy atom. The van der Waals surface area contributed by atoms with Gasteiger partial charge < -0.3 is 68.6 Å². The van der Waals surface area contributed by atoms with E-state index in [0.29, 0.717) is 31.5 Å². The molecule has 60 heavy (non-hydrogen) atoms. The van der Waals surface area contributed by atoms with Crippen molar-refractivity contribution in [3.8, 4) is 0 Å². The Labute approximate surface area is 345 Å². The molecule has 14 N–H and O–H groups in total. The van der Waals surface area contributed by atoms with Crippen LogP contribution in [0.3, 0.4) is 0 Å². The molecule has 1 saturated heterocycles. The van der Waals surface area contributed by atoms with Gasteiger partial charge in [-0.05, 0) is 57.9 Å². The number of rotatable bonds is 26. The van der Waals surface area contributed by atoms with Gasteiger partial charge in [-0.1, -0.05) is 13.8 Å². The van der Waals surface area contributed by atoms with Crippen molar-refractivity contribution in [1.29, 1.82) is 0 Å². The number of aromatic nitrogens is 2. The highest BCUT2D eigenvalue weighted by Crippen LogP contribution is 2.21. The number of carbonyl (C=O) groups excluding carboxylic acids is 7. The molecule has 0 unspecified atom stereocenters. The minimum Gasteiger partial charge on any atom is -0.481 e. The predicted molar refractivity (Wildman–Crippen MR) is 208 cm³/mol. The van der Waals surface area contributed by atoms with Crippen molar-refractivity contribution in [2.75, 3.05) is 19.6 Å². The standard InChI is InChI=1S/C36H57N11O13/c1-18(2)29(34(57)42-19(3)30(53)40-16-26(48)43-24(36(59)60)14-28(51)52)46-33(56)25-8-6-12-47(25)35(58)23(9-10-27(49)50)45-32(55)22(7-4-5-11-37)44-31(54)21(38)13-20-15-39-17-41-20/h15,17-19,21-25,29H,4-14,16,37-38H2,1-3H3,(H,39,41)(H,40,53)(H,42,57)(H,43,48)(H,44,54)(H,45,55)(H,46,56)(H,49,50)(H,51,52)(H,59,60)/t19-,21-,22-,23-,24-,25-,29-/m0/s1. The number of nitrogens with one attached hydrogen (secondary N) is 7. The number of likely N-dealkylation sites (tertiary alicyclic amines) is 1. The first kappa shape index (κ1) is 50.0. The molecule has 0 aliphatic carbocycles. The summed E-state index contributed by atoms with van der Waals surface area (Å²) in [5.41, 5.74) is 12.3. The van der Waals surface area contributed by atoms with Gasteiger partial charge in [0.2, 0.25) is 41.4 Å². The lowest BCUT2D eigenvalue weighted by atomic mass is 10.0. The maximum absolute atomic E-state index is 14.0. The van der Waals surface area contributed by atoms with Crippen LogP contribution in [0.2, 0.25) is 0 Å². The van der Waals surface area contributed by atoms with Crippen molar-refractivity contribution in [1.82, 2.24) is 46.8 Å². The van der Waals surface area contributed by atoms with E-state index < -0.39 is 127 Å². The van der Waals surface area contributed by atoms with Crippen LogP contribution in [-0.4, -0.2) is 151 Å². The Morgan fingerprint density at radius 2 is 1.52 bits per heavy atom. The van der Waals surface area contributed by atoms with Crippen molar-refractivity contribution in [2.45, 2.75) is 121 Å². The van der Waals surface area contributed by atoms with Gasteiger partial charge in [-0.25, -0.2) is 9.78 Å². The van der Waals surface area contributed by atoms with Crippen LogP contribution in [0, 0.1) is 5.92 Å². The van der Waals surface area contributed by atoms with E-state index in [-0.39, 0.29) is 32.2 Å². The van der Waals surface area contributed by atoms with Gasteiger partial charge >= 0.3 is 17.9 Å². The van der Waals surface area contributed by atoms with Gasteiger partial charge in [0, 0.05) is 31.3 Å². The third-order valence-corrected chi connectivity index (χ3v) is 9.45.